The average Bonchev–Trinajstić information content (AvgIpc) is 3.09. The normalized spacial score (nSPS) is 24.1. The second-order valence-electron chi connectivity index (χ2n) is 6.21. The number of benzene rings is 1. The molecule has 2 fully saturated rings. The SMILES string of the molecule is NCC1(c2cccc(C3(CO)CC3)c2)CCCC1. The number of aliphatic hydroxyl groups is 1. The van der Waals surface area contributed by atoms with Gasteiger partial charge >= 0.3 is 0 Å². The van der Waals surface area contributed by atoms with Crippen molar-refractivity contribution < 1.29 is 5.11 Å². The standard InChI is InChI=1S/C16H23NO/c17-11-15(6-1-2-7-15)13-4-3-5-14(10-13)16(12-18)8-9-16/h3-5,10,18H,1-2,6-9,11-12,17H2. The lowest BCUT2D eigenvalue weighted by molar-refractivity contribution is 0.255. The fourth-order valence-electron chi connectivity index (χ4n) is 3.53. The van der Waals surface area contributed by atoms with Gasteiger partial charge in [0, 0.05) is 17.4 Å². The second-order valence-corrected chi connectivity index (χ2v) is 6.21. The zero-order valence-electron chi connectivity index (χ0n) is 11.0. The van der Waals surface area contributed by atoms with E-state index in [2.05, 4.69) is 24.3 Å². The Balaban J connectivity index is 1.96. The van der Waals surface area contributed by atoms with E-state index >= 15 is 0 Å². The van der Waals surface area contributed by atoms with Crippen LogP contribution in [0.25, 0.3) is 0 Å². The molecule has 0 aromatic heterocycles. The molecular formula is C16H23NO. The Hall–Kier alpha value is -0.860. The molecule has 2 aliphatic rings. The van der Waals surface area contributed by atoms with Crippen molar-refractivity contribution in [2.24, 2.45) is 5.73 Å². The summed E-state index contributed by atoms with van der Waals surface area (Å²) in [6, 6.07) is 8.87. The van der Waals surface area contributed by atoms with Crippen LogP contribution in [0.1, 0.15) is 49.7 Å². The number of aliphatic hydroxyl groups excluding tert-OH is 1. The summed E-state index contributed by atoms with van der Waals surface area (Å²) in [5.41, 5.74) is 9.07. The zero-order chi connectivity index (χ0) is 12.6. The van der Waals surface area contributed by atoms with Gasteiger partial charge in [-0.05, 0) is 36.8 Å². The summed E-state index contributed by atoms with van der Waals surface area (Å²) < 4.78 is 0. The third kappa shape index (κ3) is 1.79. The minimum atomic E-state index is 0.0738. The average molecular weight is 245 g/mol. The highest BCUT2D eigenvalue weighted by atomic mass is 16.3. The predicted molar refractivity (Wildman–Crippen MR) is 73.6 cm³/mol. The van der Waals surface area contributed by atoms with E-state index in [0.29, 0.717) is 0 Å². The highest BCUT2D eigenvalue weighted by Gasteiger charge is 2.44. The summed E-state index contributed by atoms with van der Waals surface area (Å²) in [7, 11) is 0. The highest BCUT2D eigenvalue weighted by Crippen LogP contribution is 2.49. The van der Waals surface area contributed by atoms with E-state index in [0.717, 1.165) is 19.4 Å². The Kier molecular flexibility index (Phi) is 2.95. The van der Waals surface area contributed by atoms with Crippen molar-refractivity contribution in [3.63, 3.8) is 0 Å². The molecule has 3 rings (SSSR count). The van der Waals surface area contributed by atoms with Crippen LogP contribution in [0, 0.1) is 0 Å². The largest absolute Gasteiger partial charge is 0.395 e. The number of hydrogen-bond donors (Lipinski definition) is 2. The fourth-order valence-corrected chi connectivity index (χ4v) is 3.53. The van der Waals surface area contributed by atoms with Crippen LogP contribution in [0.2, 0.25) is 0 Å². The first-order valence-corrected chi connectivity index (χ1v) is 7.17. The van der Waals surface area contributed by atoms with Crippen molar-refractivity contribution in [1.82, 2.24) is 0 Å². The molecule has 0 spiro atoms. The maximum absolute atomic E-state index is 9.56. The summed E-state index contributed by atoms with van der Waals surface area (Å²) in [6.07, 6.45) is 7.29. The first kappa shape index (κ1) is 12.2. The van der Waals surface area contributed by atoms with Crippen molar-refractivity contribution in [3.8, 4) is 0 Å². The molecular weight excluding hydrogens is 222 g/mol. The van der Waals surface area contributed by atoms with E-state index in [1.807, 2.05) is 0 Å². The van der Waals surface area contributed by atoms with E-state index in [-0.39, 0.29) is 17.4 Å². The van der Waals surface area contributed by atoms with Crippen LogP contribution >= 0.6 is 0 Å². The topological polar surface area (TPSA) is 46.2 Å². The monoisotopic (exact) mass is 245 g/mol. The first-order chi connectivity index (χ1) is 8.75. The van der Waals surface area contributed by atoms with Gasteiger partial charge in [-0.1, -0.05) is 37.1 Å². The van der Waals surface area contributed by atoms with Crippen molar-refractivity contribution in [3.05, 3.63) is 35.4 Å². The molecule has 0 heterocycles. The predicted octanol–water partition coefficient (Wildman–Crippen LogP) is 2.48. The van der Waals surface area contributed by atoms with Crippen molar-refractivity contribution in [2.45, 2.75) is 49.4 Å². The van der Waals surface area contributed by atoms with Crippen LogP contribution in [-0.2, 0) is 10.8 Å². The summed E-state index contributed by atoms with van der Waals surface area (Å²) in [5, 5.41) is 9.56. The molecule has 0 amide bonds. The van der Waals surface area contributed by atoms with E-state index < -0.39 is 0 Å². The molecule has 2 saturated carbocycles. The Bertz CT molecular complexity index is 430. The molecule has 2 aliphatic carbocycles. The van der Waals surface area contributed by atoms with E-state index in [4.69, 9.17) is 5.73 Å². The Morgan fingerprint density at radius 3 is 2.11 bits per heavy atom. The lowest BCUT2D eigenvalue weighted by atomic mass is 9.77. The summed E-state index contributed by atoms with van der Waals surface area (Å²) >= 11 is 0. The van der Waals surface area contributed by atoms with Crippen molar-refractivity contribution in [1.29, 1.82) is 0 Å². The molecule has 0 bridgehead atoms. The Labute approximate surface area is 109 Å². The van der Waals surface area contributed by atoms with E-state index in [9.17, 15) is 5.11 Å². The molecule has 1 aromatic carbocycles. The van der Waals surface area contributed by atoms with Gasteiger partial charge < -0.3 is 10.8 Å². The van der Waals surface area contributed by atoms with Crippen LogP contribution in [-0.4, -0.2) is 18.3 Å². The minimum Gasteiger partial charge on any atom is -0.395 e. The van der Waals surface area contributed by atoms with Gasteiger partial charge in [0.25, 0.3) is 0 Å². The van der Waals surface area contributed by atoms with Crippen molar-refractivity contribution >= 4 is 0 Å². The van der Waals surface area contributed by atoms with Gasteiger partial charge in [-0.2, -0.15) is 0 Å². The number of hydrogen-bond acceptors (Lipinski definition) is 2. The number of nitrogens with two attached hydrogens (primary N) is 1. The molecule has 1 aromatic rings. The molecule has 2 nitrogen and oxygen atoms in total. The second kappa shape index (κ2) is 4.36. The molecule has 98 valence electrons. The third-order valence-corrected chi connectivity index (χ3v) is 5.19. The van der Waals surface area contributed by atoms with Gasteiger partial charge in [-0.25, -0.2) is 0 Å². The third-order valence-electron chi connectivity index (χ3n) is 5.19. The minimum absolute atomic E-state index is 0.0738. The van der Waals surface area contributed by atoms with Crippen LogP contribution < -0.4 is 5.73 Å². The Morgan fingerprint density at radius 1 is 1.00 bits per heavy atom. The van der Waals surface area contributed by atoms with Gasteiger partial charge in [0.2, 0.25) is 0 Å². The summed E-state index contributed by atoms with van der Waals surface area (Å²) in [6.45, 7) is 1.04. The number of rotatable bonds is 4. The van der Waals surface area contributed by atoms with Gasteiger partial charge in [-0.3, -0.25) is 0 Å². The van der Waals surface area contributed by atoms with Crippen LogP contribution in [0.3, 0.4) is 0 Å². The molecule has 2 heteroatoms. The van der Waals surface area contributed by atoms with Gasteiger partial charge in [0.15, 0.2) is 0 Å². The molecule has 0 aliphatic heterocycles. The lowest BCUT2D eigenvalue weighted by Crippen LogP contribution is -2.32. The Morgan fingerprint density at radius 2 is 1.61 bits per heavy atom. The highest BCUT2D eigenvalue weighted by molar-refractivity contribution is 5.38. The lowest BCUT2D eigenvalue weighted by Gasteiger charge is -2.29. The van der Waals surface area contributed by atoms with E-state index in [1.54, 1.807) is 0 Å². The smallest absolute Gasteiger partial charge is 0.0527 e. The van der Waals surface area contributed by atoms with Gasteiger partial charge in [0.1, 0.15) is 0 Å². The molecule has 0 saturated heterocycles. The van der Waals surface area contributed by atoms with Gasteiger partial charge in [0.05, 0.1) is 6.61 Å². The maximum Gasteiger partial charge on any atom is 0.0527 e. The van der Waals surface area contributed by atoms with Gasteiger partial charge in [-0.15, -0.1) is 0 Å². The fraction of sp³-hybridized carbons (Fsp3) is 0.625. The maximum atomic E-state index is 9.56. The molecule has 0 unspecified atom stereocenters. The van der Waals surface area contributed by atoms with Crippen LogP contribution in [0.15, 0.2) is 24.3 Å². The first-order valence-electron chi connectivity index (χ1n) is 7.17. The van der Waals surface area contributed by atoms with Crippen LogP contribution in [0.4, 0.5) is 0 Å². The van der Waals surface area contributed by atoms with Crippen LogP contribution in [0.5, 0.6) is 0 Å². The summed E-state index contributed by atoms with van der Waals surface area (Å²) in [5.74, 6) is 0. The summed E-state index contributed by atoms with van der Waals surface area (Å²) in [4.78, 5) is 0. The zero-order valence-corrected chi connectivity index (χ0v) is 11.0. The van der Waals surface area contributed by atoms with Crippen molar-refractivity contribution in [2.75, 3.05) is 13.2 Å². The van der Waals surface area contributed by atoms with E-state index in [1.165, 1.54) is 36.8 Å². The molecule has 3 N–H and O–H groups in total. The quantitative estimate of drug-likeness (QED) is 0.856. The molecule has 0 radical (unpaired) electrons. The molecule has 0 atom stereocenters. The molecule has 18 heavy (non-hydrogen) atoms.